The molecule has 0 radical (unpaired) electrons. The van der Waals surface area contributed by atoms with Gasteiger partial charge in [0, 0.05) is 30.8 Å². The number of rotatable bonds is 5. The third kappa shape index (κ3) is 4.64. The average molecular weight is 405 g/mol. The number of hydrogen-bond donors (Lipinski definition) is 0. The lowest BCUT2D eigenvalue weighted by molar-refractivity contribution is -0.131. The van der Waals surface area contributed by atoms with Crippen molar-refractivity contribution < 1.29 is 13.9 Å². The highest BCUT2D eigenvalue weighted by atomic mass is 19.1. The van der Waals surface area contributed by atoms with E-state index in [-0.39, 0.29) is 17.6 Å². The molecule has 0 aliphatic carbocycles. The van der Waals surface area contributed by atoms with Crippen molar-refractivity contribution in [1.82, 2.24) is 14.9 Å². The Morgan fingerprint density at radius 3 is 2.60 bits per heavy atom. The Morgan fingerprint density at radius 2 is 1.90 bits per heavy atom. The number of hydrogen-bond acceptors (Lipinski definition) is 4. The fraction of sp³-hybridized carbons (Fsp3) is 0.292. The molecule has 0 saturated carbocycles. The molecule has 2 heterocycles. The zero-order valence-electron chi connectivity index (χ0n) is 16.9. The molecule has 0 atom stereocenters. The van der Waals surface area contributed by atoms with Crippen molar-refractivity contribution in [2.45, 2.75) is 25.2 Å². The number of carbonyl (C=O) groups is 1. The van der Waals surface area contributed by atoms with Gasteiger partial charge >= 0.3 is 0 Å². The van der Waals surface area contributed by atoms with E-state index in [1.54, 1.807) is 25.6 Å². The zero-order valence-corrected chi connectivity index (χ0v) is 16.9. The van der Waals surface area contributed by atoms with E-state index >= 15 is 0 Å². The Hall–Kier alpha value is -3.28. The Morgan fingerprint density at radius 1 is 1.13 bits per heavy atom. The molecule has 6 heteroatoms. The van der Waals surface area contributed by atoms with Gasteiger partial charge in [-0.25, -0.2) is 9.37 Å². The first-order valence-electron chi connectivity index (χ1n) is 10.1. The van der Waals surface area contributed by atoms with Gasteiger partial charge in [-0.3, -0.25) is 9.78 Å². The molecule has 5 nitrogen and oxygen atoms in total. The molecule has 0 spiro atoms. The lowest BCUT2D eigenvalue weighted by Gasteiger charge is -2.32. The number of nitrogens with zero attached hydrogens (tertiary/aromatic N) is 3. The summed E-state index contributed by atoms with van der Waals surface area (Å²) in [4.78, 5) is 23.6. The minimum Gasteiger partial charge on any atom is -0.497 e. The number of benzene rings is 2. The summed E-state index contributed by atoms with van der Waals surface area (Å²) in [6, 6.07) is 14.0. The number of halogens is 1. The molecule has 3 aromatic rings. The van der Waals surface area contributed by atoms with E-state index in [0.29, 0.717) is 25.2 Å². The summed E-state index contributed by atoms with van der Waals surface area (Å²) in [6.45, 7) is 1.40. The number of amides is 1. The molecule has 0 bridgehead atoms. The molecule has 1 fully saturated rings. The van der Waals surface area contributed by atoms with Crippen LogP contribution in [0.3, 0.4) is 0 Å². The third-order valence-corrected chi connectivity index (χ3v) is 5.55. The first kappa shape index (κ1) is 20.0. The number of piperidine rings is 1. The summed E-state index contributed by atoms with van der Waals surface area (Å²) in [7, 11) is 1.63. The predicted molar refractivity (Wildman–Crippen MR) is 113 cm³/mol. The second-order valence-corrected chi connectivity index (χ2v) is 7.52. The van der Waals surface area contributed by atoms with Crippen molar-refractivity contribution in [3.63, 3.8) is 0 Å². The summed E-state index contributed by atoms with van der Waals surface area (Å²) < 4.78 is 18.7. The summed E-state index contributed by atoms with van der Waals surface area (Å²) in [5.74, 6) is 0.881. The third-order valence-electron chi connectivity index (χ3n) is 5.55. The van der Waals surface area contributed by atoms with E-state index in [1.165, 1.54) is 12.1 Å². The molecule has 1 saturated heterocycles. The van der Waals surface area contributed by atoms with Crippen molar-refractivity contribution in [1.29, 1.82) is 0 Å². The predicted octanol–water partition coefficient (Wildman–Crippen LogP) is 4.24. The van der Waals surface area contributed by atoms with Gasteiger partial charge in [0.2, 0.25) is 5.91 Å². The fourth-order valence-corrected chi connectivity index (χ4v) is 3.82. The number of ether oxygens (including phenoxy) is 1. The van der Waals surface area contributed by atoms with Gasteiger partial charge in [0.25, 0.3) is 0 Å². The molecule has 154 valence electrons. The Labute approximate surface area is 175 Å². The van der Waals surface area contributed by atoms with Gasteiger partial charge in [0.1, 0.15) is 11.6 Å². The maximum atomic E-state index is 13.5. The van der Waals surface area contributed by atoms with Gasteiger partial charge in [-0.2, -0.15) is 0 Å². The largest absolute Gasteiger partial charge is 0.497 e. The molecule has 0 unspecified atom stereocenters. The smallest absolute Gasteiger partial charge is 0.226 e. The van der Waals surface area contributed by atoms with Crippen LogP contribution in [0.4, 0.5) is 4.39 Å². The lowest BCUT2D eigenvalue weighted by Crippen LogP contribution is -2.38. The van der Waals surface area contributed by atoms with Crippen LogP contribution in [0.2, 0.25) is 0 Å². The lowest BCUT2D eigenvalue weighted by atomic mass is 9.93. The highest BCUT2D eigenvalue weighted by molar-refractivity contribution is 5.79. The van der Waals surface area contributed by atoms with Gasteiger partial charge in [0.05, 0.1) is 31.1 Å². The van der Waals surface area contributed by atoms with Gasteiger partial charge in [0.15, 0.2) is 0 Å². The Balaban J connectivity index is 1.37. The van der Waals surface area contributed by atoms with Gasteiger partial charge < -0.3 is 9.64 Å². The van der Waals surface area contributed by atoms with E-state index in [1.807, 2.05) is 35.2 Å². The number of methoxy groups -OCH3 is 1. The van der Waals surface area contributed by atoms with Crippen LogP contribution in [0.5, 0.6) is 5.75 Å². The van der Waals surface area contributed by atoms with Crippen molar-refractivity contribution >= 4 is 5.91 Å². The van der Waals surface area contributed by atoms with E-state index in [0.717, 1.165) is 35.4 Å². The fourth-order valence-electron chi connectivity index (χ4n) is 3.82. The van der Waals surface area contributed by atoms with Gasteiger partial charge in [-0.1, -0.05) is 24.3 Å². The quantitative estimate of drug-likeness (QED) is 0.637. The maximum absolute atomic E-state index is 13.5. The molecular weight excluding hydrogens is 381 g/mol. The normalized spacial score (nSPS) is 14.5. The second-order valence-electron chi connectivity index (χ2n) is 7.52. The van der Waals surface area contributed by atoms with Gasteiger partial charge in [-0.15, -0.1) is 0 Å². The summed E-state index contributed by atoms with van der Waals surface area (Å²) in [5, 5.41) is 0. The SMILES string of the molecule is COc1ccc(CC(=O)N2CCC(c3cncc(-c4cccc(F)c4)n3)CC2)cc1. The number of aromatic nitrogens is 2. The summed E-state index contributed by atoms with van der Waals surface area (Å²) in [5.41, 5.74) is 3.28. The summed E-state index contributed by atoms with van der Waals surface area (Å²) in [6.07, 6.45) is 5.52. The van der Waals surface area contributed by atoms with Crippen molar-refractivity contribution in [3.8, 4) is 17.0 Å². The minimum atomic E-state index is -0.289. The van der Waals surface area contributed by atoms with E-state index in [9.17, 15) is 9.18 Å². The molecule has 0 N–H and O–H groups in total. The van der Waals surface area contributed by atoms with Crippen molar-refractivity contribution in [3.05, 3.63) is 78.0 Å². The minimum absolute atomic E-state index is 0.137. The van der Waals surface area contributed by atoms with Crippen LogP contribution >= 0.6 is 0 Å². The highest BCUT2D eigenvalue weighted by Gasteiger charge is 2.25. The van der Waals surface area contributed by atoms with Crippen LogP contribution < -0.4 is 4.74 Å². The molecular formula is C24H24FN3O2. The standard InChI is InChI=1S/C24H24FN3O2/c1-30-21-7-5-17(6-8-21)13-24(29)28-11-9-18(10-12-28)22-15-26-16-23(27-22)19-3-2-4-20(25)14-19/h2-8,14-16,18H,9-13H2,1H3. The molecule has 2 aromatic carbocycles. The molecule has 1 aromatic heterocycles. The maximum Gasteiger partial charge on any atom is 0.226 e. The van der Waals surface area contributed by atoms with Crippen LogP contribution in [0.15, 0.2) is 60.9 Å². The van der Waals surface area contributed by atoms with Crippen LogP contribution in [0.1, 0.15) is 30.0 Å². The first-order chi connectivity index (χ1) is 14.6. The summed E-state index contributed by atoms with van der Waals surface area (Å²) >= 11 is 0. The van der Waals surface area contributed by atoms with Crippen molar-refractivity contribution in [2.75, 3.05) is 20.2 Å². The number of likely N-dealkylation sites (tertiary alicyclic amines) is 1. The van der Waals surface area contributed by atoms with E-state index in [4.69, 9.17) is 9.72 Å². The van der Waals surface area contributed by atoms with E-state index in [2.05, 4.69) is 4.98 Å². The molecule has 4 rings (SSSR count). The monoisotopic (exact) mass is 405 g/mol. The zero-order chi connectivity index (χ0) is 20.9. The Bertz CT molecular complexity index is 1010. The first-order valence-corrected chi connectivity index (χ1v) is 10.1. The molecule has 1 aliphatic rings. The Kier molecular flexibility index (Phi) is 6.02. The molecule has 30 heavy (non-hydrogen) atoms. The topological polar surface area (TPSA) is 55.3 Å². The van der Waals surface area contributed by atoms with E-state index < -0.39 is 0 Å². The van der Waals surface area contributed by atoms with Crippen LogP contribution in [0, 0.1) is 5.82 Å². The molecule has 1 amide bonds. The number of carbonyl (C=O) groups excluding carboxylic acids is 1. The molecule has 1 aliphatic heterocycles. The second kappa shape index (κ2) is 9.03. The van der Waals surface area contributed by atoms with Gasteiger partial charge in [-0.05, 0) is 42.7 Å². The van der Waals surface area contributed by atoms with Crippen LogP contribution in [0.25, 0.3) is 11.3 Å². The average Bonchev–Trinajstić information content (AvgIpc) is 2.80. The van der Waals surface area contributed by atoms with Crippen LogP contribution in [-0.2, 0) is 11.2 Å². The van der Waals surface area contributed by atoms with Crippen molar-refractivity contribution in [2.24, 2.45) is 0 Å². The highest BCUT2D eigenvalue weighted by Crippen LogP contribution is 2.28. The van der Waals surface area contributed by atoms with Crippen LogP contribution in [-0.4, -0.2) is 41.0 Å².